The summed E-state index contributed by atoms with van der Waals surface area (Å²) in [6, 6.07) is 0. The fourth-order valence-corrected chi connectivity index (χ4v) is 3.48. The van der Waals surface area contributed by atoms with Gasteiger partial charge in [-0.05, 0) is 62.9 Å². The van der Waals surface area contributed by atoms with Crippen molar-refractivity contribution in [3.63, 3.8) is 0 Å². The molecule has 0 bridgehead atoms. The van der Waals surface area contributed by atoms with Gasteiger partial charge in [0.2, 0.25) is 5.91 Å². The van der Waals surface area contributed by atoms with Crippen molar-refractivity contribution in [2.24, 2.45) is 17.8 Å². The number of hydrogen-bond acceptors (Lipinski definition) is 2. The van der Waals surface area contributed by atoms with Gasteiger partial charge in [-0.2, -0.15) is 0 Å². The maximum absolute atomic E-state index is 12.3. The van der Waals surface area contributed by atoms with E-state index in [0.29, 0.717) is 5.91 Å². The van der Waals surface area contributed by atoms with Gasteiger partial charge in [0, 0.05) is 19.5 Å². The predicted octanol–water partition coefficient (Wildman–Crippen LogP) is 3.08. The van der Waals surface area contributed by atoms with Crippen LogP contribution in [-0.4, -0.2) is 37.0 Å². The molecule has 4 heteroatoms. The molecule has 2 fully saturated rings. The number of nitrogens with one attached hydrogen (secondary N) is 1. The van der Waals surface area contributed by atoms with Crippen LogP contribution in [0.5, 0.6) is 0 Å². The predicted molar refractivity (Wildman–Crippen MR) is 86.2 cm³/mol. The van der Waals surface area contributed by atoms with Crippen molar-refractivity contribution >= 4 is 18.3 Å². The molecule has 1 amide bonds. The van der Waals surface area contributed by atoms with Crippen LogP contribution in [0.25, 0.3) is 0 Å². The van der Waals surface area contributed by atoms with E-state index < -0.39 is 0 Å². The minimum Gasteiger partial charge on any atom is -0.343 e. The van der Waals surface area contributed by atoms with Crippen LogP contribution in [0.4, 0.5) is 0 Å². The highest BCUT2D eigenvalue weighted by molar-refractivity contribution is 5.85. The Morgan fingerprint density at radius 1 is 1.25 bits per heavy atom. The zero-order valence-corrected chi connectivity index (χ0v) is 13.9. The minimum absolute atomic E-state index is 0. The zero-order valence-electron chi connectivity index (χ0n) is 13.1. The van der Waals surface area contributed by atoms with E-state index in [1.807, 2.05) is 0 Å². The summed E-state index contributed by atoms with van der Waals surface area (Å²) in [7, 11) is 0. The highest BCUT2D eigenvalue weighted by atomic mass is 35.5. The highest BCUT2D eigenvalue weighted by Gasteiger charge is 2.23. The fourth-order valence-electron chi connectivity index (χ4n) is 3.48. The standard InChI is InChI=1S/C16H30N2O.ClH/c1-13(2)15-4-3-10-18(11-8-15)16(19)6-5-14-7-9-17-12-14;/h13-15,17H,3-12H2,1-2H3;1H. The van der Waals surface area contributed by atoms with Crippen LogP contribution < -0.4 is 5.32 Å². The smallest absolute Gasteiger partial charge is 0.222 e. The van der Waals surface area contributed by atoms with Gasteiger partial charge in [0.05, 0.1) is 0 Å². The van der Waals surface area contributed by atoms with E-state index in [4.69, 9.17) is 0 Å². The number of likely N-dealkylation sites (tertiary alicyclic amines) is 1. The summed E-state index contributed by atoms with van der Waals surface area (Å²) in [6.07, 6.45) is 6.79. The van der Waals surface area contributed by atoms with Crippen LogP contribution >= 0.6 is 12.4 Å². The first kappa shape index (κ1) is 17.8. The second kappa shape index (κ2) is 8.89. The molecule has 0 aromatic carbocycles. The number of rotatable bonds is 4. The lowest BCUT2D eigenvalue weighted by Gasteiger charge is -2.22. The van der Waals surface area contributed by atoms with E-state index in [1.165, 1.54) is 25.7 Å². The van der Waals surface area contributed by atoms with Gasteiger partial charge in [-0.3, -0.25) is 4.79 Å². The number of nitrogens with zero attached hydrogens (tertiary/aromatic N) is 1. The lowest BCUT2D eigenvalue weighted by Crippen LogP contribution is -2.32. The van der Waals surface area contributed by atoms with Gasteiger partial charge < -0.3 is 10.2 Å². The molecule has 118 valence electrons. The summed E-state index contributed by atoms with van der Waals surface area (Å²) in [6.45, 7) is 8.86. The number of carbonyl (C=O) groups excluding carboxylic acids is 1. The third-order valence-electron chi connectivity index (χ3n) is 5.00. The van der Waals surface area contributed by atoms with Crippen LogP contribution in [0.15, 0.2) is 0 Å². The van der Waals surface area contributed by atoms with E-state index in [0.717, 1.165) is 56.8 Å². The van der Waals surface area contributed by atoms with Crippen molar-refractivity contribution in [1.29, 1.82) is 0 Å². The molecular weight excluding hydrogens is 272 g/mol. The van der Waals surface area contributed by atoms with Crippen molar-refractivity contribution in [3.8, 4) is 0 Å². The largest absolute Gasteiger partial charge is 0.343 e. The molecule has 2 heterocycles. The molecule has 2 atom stereocenters. The fraction of sp³-hybridized carbons (Fsp3) is 0.938. The van der Waals surface area contributed by atoms with Gasteiger partial charge in [0.25, 0.3) is 0 Å². The third-order valence-corrected chi connectivity index (χ3v) is 5.00. The Hall–Kier alpha value is -0.280. The van der Waals surface area contributed by atoms with Crippen molar-refractivity contribution in [1.82, 2.24) is 10.2 Å². The van der Waals surface area contributed by atoms with Gasteiger partial charge in [-0.25, -0.2) is 0 Å². The Labute approximate surface area is 130 Å². The number of carbonyl (C=O) groups is 1. The van der Waals surface area contributed by atoms with Crippen LogP contribution in [-0.2, 0) is 4.79 Å². The quantitative estimate of drug-likeness (QED) is 0.865. The lowest BCUT2D eigenvalue weighted by atomic mass is 9.89. The first-order chi connectivity index (χ1) is 9.16. The Morgan fingerprint density at radius 2 is 2.05 bits per heavy atom. The summed E-state index contributed by atoms with van der Waals surface area (Å²) >= 11 is 0. The number of hydrogen-bond donors (Lipinski definition) is 1. The van der Waals surface area contributed by atoms with Crippen LogP contribution in [0.1, 0.15) is 52.4 Å². The molecule has 1 N–H and O–H groups in total. The first-order valence-corrected chi connectivity index (χ1v) is 8.15. The minimum atomic E-state index is 0. The average molecular weight is 303 g/mol. The Bertz CT molecular complexity index is 290. The van der Waals surface area contributed by atoms with E-state index >= 15 is 0 Å². The van der Waals surface area contributed by atoms with E-state index in [2.05, 4.69) is 24.1 Å². The third kappa shape index (κ3) is 5.25. The summed E-state index contributed by atoms with van der Waals surface area (Å²) in [5.74, 6) is 2.71. The SMILES string of the molecule is CC(C)C1CCCN(C(=O)CCC2CCNC2)CC1.Cl. The second-order valence-corrected chi connectivity index (χ2v) is 6.71. The van der Waals surface area contributed by atoms with Crippen molar-refractivity contribution < 1.29 is 4.79 Å². The normalized spacial score (nSPS) is 27.2. The van der Waals surface area contributed by atoms with Gasteiger partial charge in [0.15, 0.2) is 0 Å². The Balaban J connectivity index is 0.00000200. The molecule has 2 saturated heterocycles. The molecule has 2 aliphatic heterocycles. The first-order valence-electron chi connectivity index (χ1n) is 8.15. The average Bonchev–Trinajstić information content (AvgIpc) is 2.77. The monoisotopic (exact) mass is 302 g/mol. The molecule has 2 aliphatic rings. The van der Waals surface area contributed by atoms with Crippen molar-refractivity contribution in [2.45, 2.75) is 52.4 Å². The van der Waals surface area contributed by atoms with E-state index in [-0.39, 0.29) is 12.4 Å². The van der Waals surface area contributed by atoms with Crippen LogP contribution in [0, 0.1) is 17.8 Å². The second-order valence-electron chi connectivity index (χ2n) is 6.71. The van der Waals surface area contributed by atoms with Gasteiger partial charge >= 0.3 is 0 Å². The molecule has 0 aromatic heterocycles. The molecule has 0 spiro atoms. The summed E-state index contributed by atoms with van der Waals surface area (Å²) in [4.78, 5) is 14.4. The lowest BCUT2D eigenvalue weighted by molar-refractivity contribution is -0.131. The molecule has 0 radical (unpaired) electrons. The number of halogens is 1. The molecule has 2 unspecified atom stereocenters. The summed E-state index contributed by atoms with van der Waals surface area (Å²) < 4.78 is 0. The molecule has 20 heavy (non-hydrogen) atoms. The Morgan fingerprint density at radius 3 is 2.70 bits per heavy atom. The molecule has 0 aliphatic carbocycles. The van der Waals surface area contributed by atoms with E-state index in [1.54, 1.807) is 0 Å². The number of amides is 1. The van der Waals surface area contributed by atoms with Crippen molar-refractivity contribution in [3.05, 3.63) is 0 Å². The molecule has 0 aromatic rings. The van der Waals surface area contributed by atoms with Gasteiger partial charge in [-0.15, -0.1) is 12.4 Å². The van der Waals surface area contributed by atoms with Gasteiger partial charge in [0.1, 0.15) is 0 Å². The molecule has 0 saturated carbocycles. The topological polar surface area (TPSA) is 32.3 Å². The van der Waals surface area contributed by atoms with Crippen LogP contribution in [0.3, 0.4) is 0 Å². The highest BCUT2D eigenvalue weighted by Crippen LogP contribution is 2.25. The summed E-state index contributed by atoms with van der Waals surface area (Å²) in [5, 5.41) is 3.38. The van der Waals surface area contributed by atoms with Gasteiger partial charge in [-0.1, -0.05) is 13.8 Å². The molecule has 2 rings (SSSR count). The maximum atomic E-state index is 12.3. The zero-order chi connectivity index (χ0) is 13.7. The summed E-state index contributed by atoms with van der Waals surface area (Å²) in [5.41, 5.74) is 0. The Kier molecular flexibility index (Phi) is 7.90. The van der Waals surface area contributed by atoms with E-state index in [9.17, 15) is 4.79 Å². The molecular formula is C16H31ClN2O. The van der Waals surface area contributed by atoms with Crippen molar-refractivity contribution in [2.75, 3.05) is 26.2 Å². The van der Waals surface area contributed by atoms with Crippen LogP contribution in [0.2, 0.25) is 0 Å². The maximum Gasteiger partial charge on any atom is 0.222 e. The molecule has 3 nitrogen and oxygen atoms in total.